The number of amides is 8. The Balaban J connectivity index is 0.000000258. The second kappa shape index (κ2) is 44.6. The van der Waals surface area contributed by atoms with Crippen LogP contribution in [-0.2, 0) is 51.3 Å². The standard InChI is InChI=1S/C51H63ClFN7O7S.C50H62ClN7O7S/c1-30-42(68-29-57-30)32-14-12-31(13-15-32)26-56-45(64)40-23-35(61)27-60(40)46(65)43(49(2,3)4)58-41(62)28-66-21-11-9-10-20-55-39-19-17-33(22-38(39)53)44(63)59-47-50(5,6)48(51(47,7)8)67-36-18-16-34(25-54)37(52)24-36;1-30-41(66-29-55-30)32-13-11-31(12-14-32)26-54-44(62)39-23-36(59)27-58(39)45(63)42(48(2,3)4)56-40(60)28-64-22-10-9-21-53-35-18-15-33(16-19-35)43(61)57-46-49(5,6)47(50(46,7)8)65-37-20-17-34(25-52)38(51)24-37/h12-19,22,24,29,35,40,43,47-48,55,61H,9-11,20-21,23,26-28H2,1-8H3,(H,56,64)(H,58,62)(H,59,63);11-20,24,29,36,39,42,46-47,53,59H,9-10,21-23,26-28H2,1-8H3,(H,54,62)(H,56,60)(H,57,61)/t35-,40+,43-,47?,48?;36-,39+,42-,46?,47?/m11/s1. The van der Waals surface area contributed by atoms with E-state index in [1.54, 1.807) is 88.8 Å². The van der Waals surface area contributed by atoms with Gasteiger partial charge in [0.2, 0.25) is 35.4 Å². The van der Waals surface area contributed by atoms with Crippen molar-refractivity contribution in [1.82, 2.24) is 51.7 Å². The summed E-state index contributed by atoms with van der Waals surface area (Å²) < 4.78 is 39.2. The lowest BCUT2D eigenvalue weighted by molar-refractivity contribution is -0.164. The quantitative estimate of drug-likeness (QED) is 0.0162. The number of benzene rings is 6. The number of nitriles is 2. The maximum atomic E-state index is 15.2. The molecular weight excluding hydrogens is 1790 g/mol. The Morgan fingerprint density at radius 2 is 0.925 bits per heavy atom. The molecule has 2 saturated carbocycles. The molecule has 4 heterocycles. The number of carbonyl (C=O) groups is 8. The SMILES string of the molecule is Cc1ncsc1-c1ccc(CNC(=O)[C@@H]2C[C@@H](O)CN2C(=O)[C@@H](NC(=O)COCCCCCNc2ccc(C(=O)NC3C(C)(C)C(Oc4ccc(C#N)c(Cl)c4)C3(C)C)cc2F)C(C)(C)C)cc1.Cc1ncsc1-c1ccc(CNC(=O)[C@@H]2C[C@@H](O)CN2C(=O)[C@@H](NC(=O)COCCCCNc2ccc(C(=O)NC3C(C)(C)C(Oc4ccc(C#N)c(Cl)c4)C3(C)C)cc2)C(C)(C)C)cc1. The zero-order chi connectivity index (χ0) is 97.5. The van der Waals surface area contributed by atoms with Crippen LogP contribution in [-0.4, -0.2) is 191 Å². The topological polar surface area (TPSA) is 390 Å². The first-order chi connectivity index (χ1) is 63.3. The maximum absolute atomic E-state index is 15.2. The van der Waals surface area contributed by atoms with Gasteiger partial charge in [0.15, 0.2) is 0 Å². The van der Waals surface area contributed by atoms with E-state index in [0.29, 0.717) is 83.8 Å². The van der Waals surface area contributed by atoms with E-state index in [9.17, 15) is 59.1 Å². The Hall–Kier alpha value is -11.1. The van der Waals surface area contributed by atoms with Gasteiger partial charge in [0.1, 0.15) is 79.0 Å². The number of rotatable bonds is 37. The lowest BCUT2D eigenvalue weighted by atomic mass is 9.49. The van der Waals surface area contributed by atoms with E-state index < -0.39 is 93.4 Å². The van der Waals surface area contributed by atoms with Gasteiger partial charge < -0.3 is 81.5 Å². The van der Waals surface area contributed by atoms with Crippen LogP contribution >= 0.6 is 45.9 Å². The smallest absolute Gasteiger partial charge is 0.251 e. The number of β-amino-alcohol motifs (C(OH)–C–C–N with tert-alkyl or cyclic N) is 2. The second-order valence-electron chi connectivity index (χ2n) is 39.5. The summed E-state index contributed by atoms with van der Waals surface area (Å²) in [6.07, 6.45) is 1.43. The highest BCUT2D eigenvalue weighted by Gasteiger charge is 2.65. The number of hydrogen-bond donors (Lipinski definition) is 10. The van der Waals surface area contributed by atoms with Gasteiger partial charge in [-0.2, -0.15) is 10.5 Å². The summed E-state index contributed by atoms with van der Waals surface area (Å²) >= 11 is 15.6. The van der Waals surface area contributed by atoms with Crippen molar-refractivity contribution in [2.24, 2.45) is 32.5 Å². The van der Waals surface area contributed by atoms with E-state index in [4.69, 9.17) is 42.1 Å². The molecule has 2 aliphatic heterocycles. The molecule has 2 aliphatic carbocycles. The first kappa shape index (κ1) is 103. The Labute approximate surface area is 802 Å². The van der Waals surface area contributed by atoms with Crippen molar-refractivity contribution < 1.29 is 71.9 Å². The molecule has 134 heavy (non-hydrogen) atoms. The number of anilines is 2. The molecule has 0 bridgehead atoms. The van der Waals surface area contributed by atoms with Gasteiger partial charge in [-0.25, -0.2) is 14.4 Å². The van der Waals surface area contributed by atoms with Gasteiger partial charge in [0.05, 0.1) is 71.2 Å². The Bertz CT molecular complexity index is 5560. The molecule has 716 valence electrons. The van der Waals surface area contributed by atoms with Crippen molar-refractivity contribution in [2.75, 3.05) is 63.2 Å². The van der Waals surface area contributed by atoms with Crippen LogP contribution in [0.2, 0.25) is 10.0 Å². The Morgan fingerprint density at radius 3 is 1.31 bits per heavy atom. The van der Waals surface area contributed by atoms with Crippen molar-refractivity contribution in [3.63, 3.8) is 0 Å². The third-order valence-electron chi connectivity index (χ3n) is 25.5. The molecule has 4 fully saturated rings. The lowest BCUT2D eigenvalue weighted by Gasteiger charge is -2.63. The molecular formula is C101H125Cl2FN14O14S2. The molecule has 6 atom stereocenters. The largest absolute Gasteiger partial charge is 0.489 e. The molecule has 28 nitrogen and oxygen atoms in total. The first-order valence-electron chi connectivity index (χ1n) is 45.3. The fourth-order valence-electron chi connectivity index (χ4n) is 18.7. The van der Waals surface area contributed by atoms with Crippen LogP contribution in [0.25, 0.3) is 20.9 Å². The summed E-state index contributed by atoms with van der Waals surface area (Å²) in [5, 5.41) is 64.4. The normalized spacial score (nSPS) is 19.9. The fraction of sp³-hybridized carbons (Fsp3) is 0.485. The van der Waals surface area contributed by atoms with Crippen LogP contribution in [0.4, 0.5) is 15.8 Å². The average Bonchev–Trinajstić information content (AvgIpc) is 0.787. The average molecular weight is 1910 g/mol. The van der Waals surface area contributed by atoms with Crippen molar-refractivity contribution in [3.05, 3.63) is 199 Å². The molecule has 33 heteroatoms. The van der Waals surface area contributed by atoms with Gasteiger partial charge in [-0.15, -0.1) is 22.7 Å². The Morgan fingerprint density at radius 1 is 0.530 bits per heavy atom. The van der Waals surface area contributed by atoms with Crippen LogP contribution in [0.5, 0.6) is 11.5 Å². The molecule has 0 radical (unpaired) electrons. The van der Waals surface area contributed by atoms with E-state index in [1.807, 2.05) is 155 Å². The van der Waals surface area contributed by atoms with Gasteiger partial charge >= 0.3 is 0 Å². The number of aromatic nitrogens is 2. The fourth-order valence-corrected chi connectivity index (χ4v) is 20.8. The number of aliphatic hydroxyl groups excluding tert-OH is 2. The molecule has 0 spiro atoms. The van der Waals surface area contributed by atoms with E-state index in [-0.39, 0.29) is 116 Å². The van der Waals surface area contributed by atoms with Gasteiger partial charge in [0.25, 0.3) is 11.8 Å². The van der Waals surface area contributed by atoms with E-state index in [0.717, 1.165) is 61.9 Å². The third-order valence-corrected chi connectivity index (χ3v) is 28.0. The number of ether oxygens (including phenoxy) is 4. The molecule has 2 aromatic heterocycles. The number of aryl methyl sites for hydroxylation is 2. The van der Waals surface area contributed by atoms with Gasteiger partial charge in [-0.1, -0.05) is 169 Å². The molecule has 4 aliphatic rings. The van der Waals surface area contributed by atoms with Crippen molar-refractivity contribution >= 4 is 105 Å². The predicted octanol–water partition coefficient (Wildman–Crippen LogP) is 15.1. The second-order valence-corrected chi connectivity index (χ2v) is 42.0. The Kier molecular flexibility index (Phi) is 34.4. The summed E-state index contributed by atoms with van der Waals surface area (Å²) in [6.45, 7) is 32.9. The van der Waals surface area contributed by atoms with Crippen molar-refractivity contribution in [2.45, 2.75) is 229 Å². The molecule has 6 aromatic carbocycles. The highest BCUT2D eigenvalue weighted by Crippen LogP contribution is 2.57. The number of halogens is 3. The minimum Gasteiger partial charge on any atom is -0.489 e. The van der Waals surface area contributed by atoms with Gasteiger partial charge in [-0.3, -0.25) is 38.4 Å². The maximum Gasteiger partial charge on any atom is 0.251 e. The first-order valence-corrected chi connectivity index (χ1v) is 47.8. The number of nitrogens with one attached hydrogen (secondary N) is 8. The number of likely N-dealkylation sites (tertiary alicyclic amines) is 2. The summed E-state index contributed by atoms with van der Waals surface area (Å²) in [5.74, 6) is -2.59. The summed E-state index contributed by atoms with van der Waals surface area (Å²) in [6, 6.07) is 37.2. The van der Waals surface area contributed by atoms with Crippen LogP contribution in [0.3, 0.4) is 0 Å². The summed E-state index contributed by atoms with van der Waals surface area (Å²) in [4.78, 5) is 121. The van der Waals surface area contributed by atoms with E-state index in [2.05, 4.69) is 86.3 Å². The van der Waals surface area contributed by atoms with Crippen LogP contribution in [0.1, 0.15) is 196 Å². The highest BCUT2D eigenvalue weighted by molar-refractivity contribution is 7.13. The number of carbonyl (C=O) groups excluding carboxylic acids is 8. The molecule has 2 saturated heterocycles. The molecule has 8 aromatic rings. The number of nitrogens with zero attached hydrogens (tertiary/aromatic N) is 6. The van der Waals surface area contributed by atoms with Crippen molar-refractivity contribution in [3.8, 4) is 44.5 Å². The van der Waals surface area contributed by atoms with E-state index >= 15 is 4.39 Å². The van der Waals surface area contributed by atoms with E-state index in [1.165, 1.54) is 15.9 Å². The molecule has 0 unspecified atom stereocenters. The molecule has 10 N–H and O–H groups in total. The summed E-state index contributed by atoms with van der Waals surface area (Å²) in [7, 11) is 0. The number of aliphatic hydroxyl groups is 2. The third kappa shape index (κ3) is 25.5. The minimum absolute atomic E-state index is 0.0131. The van der Waals surface area contributed by atoms with Crippen molar-refractivity contribution in [1.29, 1.82) is 10.5 Å². The van der Waals surface area contributed by atoms with Crippen LogP contribution in [0, 0.1) is 74.8 Å². The van der Waals surface area contributed by atoms with Gasteiger partial charge in [-0.05, 0) is 146 Å². The minimum atomic E-state index is -0.977. The monoisotopic (exact) mass is 1910 g/mol. The molecule has 8 amide bonds. The molecule has 12 rings (SSSR count). The predicted molar refractivity (Wildman–Crippen MR) is 517 cm³/mol. The number of hydrogen-bond acceptors (Lipinski definition) is 22. The van der Waals surface area contributed by atoms with Gasteiger partial charge in [0, 0.05) is 128 Å². The number of thiazole rings is 2. The summed E-state index contributed by atoms with van der Waals surface area (Å²) in [5.41, 5.74) is 8.88. The van der Waals surface area contributed by atoms with Crippen LogP contribution < -0.4 is 52.0 Å². The zero-order valence-corrected chi connectivity index (χ0v) is 82.1. The van der Waals surface area contributed by atoms with Crippen LogP contribution in [0.15, 0.2) is 138 Å². The lowest BCUT2D eigenvalue weighted by Crippen LogP contribution is -2.74. The zero-order valence-electron chi connectivity index (χ0n) is 79.0. The highest BCUT2D eigenvalue weighted by atomic mass is 35.5. The number of unbranched alkanes of at least 4 members (excludes halogenated alkanes) is 3.